The van der Waals surface area contributed by atoms with E-state index in [0.717, 1.165) is 0 Å². The fraction of sp³-hybridized carbons (Fsp3) is 0.429. The minimum absolute atomic E-state index is 0.242. The first-order chi connectivity index (χ1) is 9.06. The van der Waals surface area contributed by atoms with Crippen molar-refractivity contribution >= 4 is 6.01 Å². The largest absolute Gasteiger partial charge is 0.406 e. The van der Waals surface area contributed by atoms with Gasteiger partial charge in [0.1, 0.15) is 0 Å². The van der Waals surface area contributed by atoms with Crippen molar-refractivity contribution in [2.75, 3.05) is 5.32 Å². The molecule has 0 amide bonds. The maximum absolute atomic E-state index is 5.66. The fourth-order valence-corrected chi connectivity index (χ4v) is 1.69. The number of hydrogen-bond acceptors (Lipinski definition) is 5. The molecule has 0 fully saturated rings. The van der Waals surface area contributed by atoms with E-state index in [0.29, 0.717) is 24.4 Å². The van der Waals surface area contributed by atoms with Crippen LogP contribution in [0.15, 0.2) is 28.7 Å². The maximum Gasteiger partial charge on any atom is 0.315 e. The Morgan fingerprint density at radius 3 is 2.37 bits per heavy atom. The van der Waals surface area contributed by atoms with E-state index in [-0.39, 0.29) is 6.04 Å². The normalized spacial score (nSPS) is 12.7. The molecular formula is C14H20N4O. The average molecular weight is 260 g/mol. The standard InChI is InChI=1S/C14H20N4O/c1-9(2)12-6-4-11(5-7-12)8-16-14-18-17-13(19-14)10(3)15/h4-7,9-10H,8,15H2,1-3H3,(H,16,18). The van der Waals surface area contributed by atoms with E-state index < -0.39 is 0 Å². The van der Waals surface area contributed by atoms with E-state index in [1.54, 1.807) is 0 Å². The number of nitrogens with two attached hydrogens (primary N) is 1. The first-order valence-corrected chi connectivity index (χ1v) is 6.48. The fourth-order valence-electron chi connectivity index (χ4n) is 1.69. The van der Waals surface area contributed by atoms with Crippen LogP contribution in [0.5, 0.6) is 0 Å². The second kappa shape index (κ2) is 5.84. The summed E-state index contributed by atoms with van der Waals surface area (Å²) in [7, 11) is 0. The zero-order valence-electron chi connectivity index (χ0n) is 11.6. The molecule has 2 aromatic rings. The van der Waals surface area contributed by atoms with Gasteiger partial charge in [-0.25, -0.2) is 0 Å². The number of benzene rings is 1. The summed E-state index contributed by atoms with van der Waals surface area (Å²) < 4.78 is 5.37. The molecule has 5 heteroatoms. The van der Waals surface area contributed by atoms with Gasteiger partial charge in [-0.1, -0.05) is 43.2 Å². The molecule has 3 N–H and O–H groups in total. The predicted molar refractivity (Wildman–Crippen MR) is 74.8 cm³/mol. The molecule has 2 rings (SSSR count). The molecule has 0 bridgehead atoms. The lowest BCUT2D eigenvalue weighted by molar-refractivity contribution is 0.472. The first-order valence-electron chi connectivity index (χ1n) is 6.48. The smallest absolute Gasteiger partial charge is 0.315 e. The number of rotatable bonds is 5. The molecule has 0 spiro atoms. The van der Waals surface area contributed by atoms with Gasteiger partial charge in [-0.2, -0.15) is 0 Å². The molecule has 0 aliphatic carbocycles. The molecule has 1 unspecified atom stereocenters. The van der Waals surface area contributed by atoms with Crippen LogP contribution in [0.25, 0.3) is 0 Å². The Balaban J connectivity index is 1.94. The number of hydrogen-bond donors (Lipinski definition) is 2. The van der Waals surface area contributed by atoms with Gasteiger partial charge in [0.05, 0.1) is 6.04 Å². The zero-order chi connectivity index (χ0) is 13.8. The van der Waals surface area contributed by atoms with Crippen molar-refractivity contribution in [1.29, 1.82) is 0 Å². The van der Waals surface area contributed by atoms with Crippen LogP contribution in [0.3, 0.4) is 0 Å². The van der Waals surface area contributed by atoms with E-state index in [2.05, 4.69) is 53.6 Å². The van der Waals surface area contributed by atoms with Crippen molar-refractivity contribution in [2.45, 2.75) is 39.3 Å². The highest BCUT2D eigenvalue weighted by Gasteiger charge is 2.09. The third kappa shape index (κ3) is 3.54. The average Bonchev–Trinajstić information content (AvgIpc) is 2.86. The summed E-state index contributed by atoms with van der Waals surface area (Å²) in [6.45, 7) is 6.82. The highest BCUT2D eigenvalue weighted by Crippen LogP contribution is 2.16. The lowest BCUT2D eigenvalue weighted by Gasteiger charge is -2.07. The number of anilines is 1. The van der Waals surface area contributed by atoms with Crippen LogP contribution >= 0.6 is 0 Å². The van der Waals surface area contributed by atoms with Crippen molar-refractivity contribution in [1.82, 2.24) is 10.2 Å². The van der Waals surface area contributed by atoms with E-state index in [9.17, 15) is 0 Å². The van der Waals surface area contributed by atoms with Crippen molar-refractivity contribution in [3.63, 3.8) is 0 Å². The van der Waals surface area contributed by atoms with Crippen molar-refractivity contribution in [2.24, 2.45) is 5.73 Å². The Bertz CT molecular complexity index is 516. The van der Waals surface area contributed by atoms with Gasteiger partial charge in [0.15, 0.2) is 0 Å². The summed E-state index contributed by atoms with van der Waals surface area (Å²) in [5.41, 5.74) is 8.16. The van der Waals surface area contributed by atoms with E-state index in [1.807, 2.05) is 6.92 Å². The van der Waals surface area contributed by atoms with Crippen molar-refractivity contribution < 1.29 is 4.42 Å². The van der Waals surface area contributed by atoms with Gasteiger partial charge in [0.2, 0.25) is 5.89 Å². The van der Waals surface area contributed by atoms with Crippen LogP contribution in [-0.4, -0.2) is 10.2 Å². The zero-order valence-corrected chi connectivity index (χ0v) is 11.6. The quantitative estimate of drug-likeness (QED) is 0.864. The van der Waals surface area contributed by atoms with Crippen LogP contribution in [0.4, 0.5) is 6.01 Å². The van der Waals surface area contributed by atoms with Gasteiger partial charge in [-0.15, -0.1) is 5.10 Å². The molecular weight excluding hydrogens is 240 g/mol. The Morgan fingerprint density at radius 2 is 1.84 bits per heavy atom. The Hall–Kier alpha value is -1.88. The number of nitrogens with zero attached hydrogens (tertiary/aromatic N) is 2. The Labute approximate surface area is 113 Å². The van der Waals surface area contributed by atoms with E-state index >= 15 is 0 Å². The molecule has 102 valence electrons. The van der Waals surface area contributed by atoms with Crippen LogP contribution in [0.2, 0.25) is 0 Å². The molecule has 5 nitrogen and oxygen atoms in total. The minimum atomic E-state index is -0.242. The second-order valence-corrected chi connectivity index (χ2v) is 4.98. The summed E-state index contributed by atoms with van der Waals surface area (Å²) in [4.78, 5) is 0. The molecule has 1 atom stereocenters. The minimum Gasteiger partial charge on any atom is -0.406 e. The third-order valence-electron chi connectivity index (χ3n) is 2.92. The van der Waals surface area contributed by atoms with Crippen LogP contribution in [0, 0.1) is 0 Å². The second-order valence-electron chi connectivity index (χ2n) is 4.98. The molecule has 1 heterocycles. The van der Waals surface area contributed by atoms with Gasteiger partial charge in [0.25, 0.3) is 0 Å². The van der Waals surface area contributed by atoms with E-state index in [4.69, 9.17) is 10.2 Å². The van der Waals surface area contributed by atoms with E-state index in [1.165, 1.54) is 11.1 Å². The Morgan fingerprint density at radius 1 is 1.16 bits per heavy atom. The van der Waals surface area contributed by atoms with Gasteiger partial charge >= 0.3 is 6.01 Å². The van der Waals surface area contributed by atoms with Crippen LogP contribution in [-0.2, 0) is 6.54 Å². The third-order valence-corrected chi connectivity index (χ3v) is 2.92. The summed E-state index contributed by atoms with van der Waals surface area (Å²) in [6.07, 6.45) is 0. The van der Waals surface area contributed by atoms with Crippen LogP contribution < -0.4 is 11.1 Å². The lowest BCUT2D eigenvalue weighted by Crippen LogP contribution is -2.04. The summed E-state index contributed by atoms with van der Waals surface area (Å²) in [5.74, 6) is 0.990. The molecule has 0 aliphatic rings. The summed E-state index contributed by atoms with van der Waals surface area (Å²) in [6, 6.07) is 8.65. The number of nitrogens with one attached hydrogen (secondary N) is 1. The summed E-state index contributed by atoms with van der Waals surface area (Å²) in [5, 5.41) is 10.8. The highest BCUT2D eigenvalue weighted by molar-refractivity contribution is 5.28. The Kier molecular flexibility index (Phi) is 4.16. The predicted octanol–water partition coefficient (Wildman–Crippen LogP) is 2.82. The highest BCUT2D eigenvalue weighted by atomic mass is 16.4. The monoisotopic (exact) mass is 260 g/mol. The SMILES string of the molecule is CC(C)c1ccc(CNc2nnc(C(C)N)o2)cc1. The van der Waals surface area contributed by atoms with Gasteiger partial charge < -0.3 is 15.5 Å². The van der Waals surface area contributed by atoms with Gasteiger partial charge in [-0.3, -0.25) is 0 Å². The first kappa shape index (κ1) is 13.5. The molecule has 1 aromatic carbocycles. The molecule has 0 saturated carbocycles. The van der Waals surface area contributed by atoms with Crippen molar-refractivity contribution in [3.8, 4) is 0 Å². The molecule has 1 aromatic heterocycles. The van der Waals surface area contributed by atoms with Crippen LogP contribution in [0.1, 0.15) is 49.7 Å². The maximum atomic E-state index is 5.66. The number of aromatic nitrogens is 2. The topological polar surface area (TPSA) is 77.0 Å². The molecule has 0 aliphatic heterocycles. The lowest BCUT2D eigenvalue weighted by atomic mass is 10.0. The summed E-state index contributed by atoms with van der Waals surface area (Å²) >= 11 is 0. The van der Waals surface area contributed by atoms with Crippen molar-refractivity contribution in [3.05, 3.63) is 41.3 Å². The van der Waals surface area contributed by atoms with Gasteiger partial charge in [-0.05, 0) is 24.0 Å². The van der Waals surface area contributed by atoms with Gasteiger partial charge in [0, 0.05) is 6.54 Å². The molecule has 0 radical (unpaired) electrons. The molecule has 0 saturated heterocycles. The molecule has 19 heavy (non-hydrogen) atoms.